The van der Waals surface area contributed by atoms with E-state index in [0.717, 1.165) is 38.5 Å². The minimum atomic E-state index is -0.660. The van der Waals surface area contributed by atoms with Crippen molar-refractivity contribution < 1.29 is 9.84 Å². The summed E-state index contributed by atoms with van der Waals surface area (Å²) in [6.45, 7) is 5.95. The molecule has 1 saturated carbocycles. The molecule has 0 atom stereocenters. The van der Waals surface area contributed by atoms with Gasteiger partial charge in [0.1, 0.15) is 0 Å². The summed E-state index contributed by atoms with van der Waals surface area (Å²) < 4.78 is 5.35. The van der Waals surface area contributed by atoms with E-state index in [1.165, 1.54) is 0 Å². The molecule has 0 spiro atoms. The van der Waals surface area contributed by atoms with Crippen LogP contribution in [-0.4, -0.2) is 29.5 Å². The second kappa shape index (κ2) is 3.97. The second-order valence-electron chi connectivity index (χ2n) is 6.46. The summed E-state index contributed by atoms with van der Waals surface area (Å²) in [6.07, 6.45) is 5.42. The zero-order chi connectivity index (χ0) is 11.9. The van der Waals surface area contributed by atoms with Gasteiger partial charge in [-0.1, -0.05) is 13.8 Å². The minimum Gasteiger partial charge on any atom is -0.388 e. The Morgan fingerprint density at radius 1 is 0.938 bits per heavy atom. The Morgan fingerprint density at radius 2 is 1.44 bits per heavy atom. The van der Waals surface area contributed by atoms with Crippen LogP contribution < -0.4 is 5.73 Å². The molecule has 0 aromatic heterocycles. The van der Waals surface area contributed by atoms with Crippen LogP contribution in [0.25, 0.3) is 0 Å². The van der Waals surface area contributed by atoms with E-state index in [2.05, 4.69) is 13.8 Å². The fourth-order valence-electron chi connectivity index (χ4n) is 3.04. The number of hydrogen-bond donors (Lipinski definition) is 2. The van der Waals surface area contributed by atoms with Gasteiger partial charge < -0.3 is 15.6 Å². The van der Waals surface area contributed by atoms with E-state index < -0.39 is 11.1 Å². The molecule has 3 nitrogen and oxygen atoms in total. The maximum absolute atomic E-state index is 10.8. The molecule has 16 heavy (non-hydrogen) atoms. The molecule has 1 saturated heterocycles. The standard InChI is InChI=1S/C13H25NO2/c1-11(2)3-5-13(15,6-4-11)12(14)7-9-16-10-8-12/h15H,3-10,14H2,1-2H3. The average molecular weight is 227 g/mol. The van der Waals surface area contributed by atoms with Crippen LogP contribution in [0.5, 0.6) is 0 Å². The molecule has 2 aliphatic rings. The smallest absolute Gasteiger partial charge is 0.0828 e. The predicted molar refractivity (Wildman–Crippen MR) is 64.2 cm³/mol. The van der Waals surface area contributed by atoms with Gasteiger partial charge in [-0.15, -0.1) is 0 Å². The van der Waals surface area contributed by atoms with E-state index in [9.17, 15) is 5.11 Å². The molecule has 0 bridgehead atoms. The molecule has 2 rings (SSSR count). The summed E-state index contributed by atoms with van der Waals surface area (Å²) in [5.74, 6) is 0. The molecule has 1 aliphatic carbocycles. The number of aliphatic hydroxyl groups is 1. The lowest BCUT2D eigenvalue weighted by Gasteiger charge is -2.51. The van der Waals surface area contributed by atoms with Crippen molar-refractivity contribution in [1.82, 2.24) is 0 Å². The van der Waals surface area contributed by atoms with Gasteiger partial charge in [-0.25, -0.2) is 0 Å². The molecule has 0 aromatic carbocycles. The second-order valence-corrected chi connectivity index (χ2v) is 6.46. The Morgan fingerprint density at radius 3 is 1.94 bits per heavy atom. The predicted octanol–water partition coefficient (Wildman–Crippen LogP) is 1.83. The number of ether oxygens (including phenoxy) is 1. The van der Waals surface area contributed by atoms with E-state index in [1.807, 2.05) is 0 Å². The Kier molecular flexibility index (Phi) is 3.06. The highest BCUT2D eigenvalue weighted by molar-refractivity contribution is 5.07. The SMILES string of the molecule is CC1(C)CCC(O)(C2(N)CCOCC2)CC1. The van der Waals surface area contributed by atoms with Gasteiger partial charge in [-0.2, -0.15) is 0 Å². The first kappa shape index (κ1) is 12.3. The highest BCUT2D eigenvalue weighted by Gasteiger charge is 2.50. The Bertz CT molecular complexity index is 247. The van der Waals surface area contributed by atoms with E-state index in [4.69, 9.17) is 10.5 Å². The van der Waals surface area contributed by atoms with E-state index in [-0.39, 0.29) is 0 Å². The van der Waals surface area contributed by atoms with Crippen molar-refractivity contribution >= 4 is 0 Å². The first-order valence-corrected chi connectivity index (χ1v) is 6.46. The normalized spacial score (nSPS) is 32.2. The average Bonchev–Trinajstić information content (AvgIpc) is 2.24. The summed E-state index contributed by atoms with van der Waals surface area (Å²) in [4.78, 5) is 0. The van der Waals surface area contributed by atoms with Crippen LogP contribution in [0.4, 0.5) is 0 Å². The van der Waals surface area contributed by atoms with Gasteiger partial charge in [0.25, 0.3) is 0 Å². The molecular formula is C13H25NO2. The lowest BCUT2D eigenvalue weighted by Crippen LogP contribution is -2.64. The van der Waals surface area contributed by atoms with Crippen LogP contribution in [0, 0.1) is 5.41 Å². The minimum absolute atomic E-state index is 0.369. The van der Waals surface area contributed by atoms with Crippen molar-refractivity contribution in [2.45, 2.75) is 63.5 Å². The fourth-order valence-corrected chi connectivity index (χ4v) is 3.04. The Labute approximate surface area is 98.4 Å². The van der Waals surface area contributed by atoms with Crippen LogP contribution in [0.2, 0.25) is 0 Å². The lowest BCUT2D eigenvalue weighted by atomic mass is 9.62. The summed E-state index contributed by atoms with van der Waals surface area (Å²) in [7, 11) is 0. The van der Waals surface area contributed by atoms with Crippen molar-refractivity contribution in [1.29, 1.82) is 0 Å². The van der Waals surface area contributed by atoms with Crippen molar-refractivity contribution in [2.75, 3.05) is 13.2 Å². The molecule has 1 aliphatic heterocycles. The molecule has 0 unspecified atom stereocenters. The van der Waals surface area contributed by atoms with Crippen LogP contribution in [0.15, 0.2) is 0 Å². The van der Waals surface area contributed by atoms with Crippen LogP contribution >= 0.6 is 0 Å². The topological polar surface area (TPSA) is 55.5 Å². The third-order valence-electron chi connectivity index (χ3n) is 4.74. The monoisotopic (exact) mass is 227 g/mol. The van der Waals surface area contributed by atoms with E-state index >= 15 is 0 Å². The first-order chi connectivity index (χ1) is 7.37. The molecular weight excluding hydrogens is 202 g/mol. The van der Waals surface area contributed by atoms with Gasteiger partial charge in [0.15, 0.2) is 0 Å². The first-order valence-electron chi connectivity index (χ1n) is 6.46. The molecule has 0 radical (unpaired) electrons. The van der Waals surface area contributed by atoms with Crippen molar-refractivity contribution in [2.24, 2.45) is 11.1 Å². The summed E-state index contributed by atoms with van der Waals surface area (Å²) in [5, 5.41) is 10.8. The van der Waals surface area contributed by atoms with Crippen molar-refractivity contribution in [3.63, 3.8) is 0 Å². The number of hydrogen-bond acceptors (Lipinski definition) is 3. The maximum atomic E-state index is 10.8. The van der Waals surface area contributed by atoms with Crippen LogP contribution in [0.3, 0.4) is 0 Å². The van der Waals surface area contributed by atoms with Gasteiger partial charge in [-0.3, -0.25) is 0 Å². The molecule has 0 amide bonds. The van der Waals surface area contributed by atoms with E-state index in [0.29, 0.717) is 18.6 Å². The molecule has 3 N–H and O–H groups in total. The summed E-state index contributed by atoms with van der Waals surface area (Å²) in [6, 6.07) is 0. The molecule has 0 aromatic rings. The van der Waals surface area contributed by atoms with Gasteiger partial charge in [0, 0.05) is 18.8 Å². The molecule has 1 heterocycles. The quantitative estimate of drug-likeness (QED) is 0.718. The van der Waals surface area contributed by atoms with Crippen LogP contribution in [0.1, 0.15) is 52.4 Å². The highest BCUT2D eigenvalue weighted by Crippen LogP contribution is 2.46. The fraction of sp³-hybridized carbons (Fsp3) is 1.00. The van der Waals surface area contributed by atoms with Gasteiger partial charge in [-0.05, 0) is 43.9 Å². The van der Waals surface area contributed by atoms with E-state index in [1.54, 1.807) is 0 Å². The Balaban J connectivity index is 2.07. The highest BCUT2D eigenvalue weighted by atomic mass is 16.5. The largest absolute Gasteiger partial charge is 0.388 e. The third kappa shape index (κ3) is 2.13. The Hall–Kier alpha value is -0.120. The molecule has 2 fully saturated rings. The number of nitrogens with two attached hydrogens (primary N) is 1. The van der Waals surface area contributed by atoms with Gasteiger partial charge >= 0.3 is 0 Å². The van der Waals surface area contributed by atoms with Gasteiger partial charge in [0.2, 0.25) is 0 Å². The molecule has 94 valence electrons. The van der Waals surface area contributed by atoms with Gasteiger partial charge in [0.05, 0.1) is 5.60 Å². The summed E-state index contributed by atoms with van der Waals surface area (Å²) >= 11 is 0. The molecule has 3 heteroatoms. The van der Waals surface area contributed by atoms with Crippen molar-refractivity contribution in [3.8, 4) is 0 Å². The van der Waals surface area contributed by atoms with Crippen molar-refractivity contribution in [3.05, 3.63) is 0 Å². The number of rotatable bonds is 1. The maximum Gasteiger partial charge on any atom is 0.0828 e. The third-order valence-corrected chi connectivity index (χ3v) is 4.74. The zero-order valence-electron chi connectivity index (χ0n) is 10.6. The zero-order valence-corrected chi connectivity index (χ0v) is 10.6. The van der Waals surface area contributed by atoms with Crippen LogP contribution in [-0.2, 0) is 4.74 Å². The lowest BCUT2D eigenvalue weighted by molar-refractivity contribution is -0.116. The summed E-state index contributed by atoms with van der Waals surface area (Å²) in [5.41, 5.74) is 5.72.